The molecule has 4 fully saturated rings. The van der Waals surface area contributed by atoms with Gasteiger partial charge in [-0.25, -0.2) is 29.9 Å². The highest BCUT2D eigenvalue weighted by atomic mass is 16.5. The predicted molar refractivity (Wildman–Crippen MR) is 242 cm³/mol. The Hall–Kier alpha value is -5.62. The van der Waals surface area contributed by atoms with Crippen LogP contribution < -0.4 is 20.9 Å². The lowest BCUT2D eigenvalue weighted by molar-refractivity contribution is 0.0391. The normalized spacial score (nSPS) is 24.5. The van der Waals surface area contributed by atoms with Crippen molar-refractivity contribution >= 4 is 34.0 Å². The van der Waals surface area contributed by atoms with Crippen LogP contribution in [0.2, 0.25) is 0 Å². The van der Waals surface area contributed by atoms with E-state index in [1.165, 1.54) is 0 Å². The summed E-state index contributed by atoms with van der Waals surface area (Å²) >= 11 is 0. The van der Waals surface area contributed by atoms with E-state index in [9.17, 15) is 9.59 Å². The molecule has 6 aromatic heterocycles. The lowest BCUT2D eigenvalue weighted by atomic mass is 9.81. The van der Waals surface area contributed by atoms with Gasteiger partial charge in [0, 0.05) is 69.1 Å². The quantitative estimate of drug-likeness (QED) is 0.185. The van der Waals surface area contributed by atoms with Crippen LogP contribution in [-0.2, 0) is 36.7 Å². The van der Waals surface area contributed by atoms with Crippen LogP contribution in [0.5, 0.6) is 0 Å². The van der Waals surface area contributed by atoms with Crippen molar-refractivity contribution in [3.05, 3.63) is 79.7 Å². The van der Waals surface area contributed by atoms with Crippen molar-refractivity contribution < 1.29 is 9.47 Å². The zero-order valence-electron chi connectivity index (χ0n) is 38.0. The second kappa shape index (κ2) is 17.4. The van der Waals surface area contributed by atoms with Crippen molar-refractivity contribution in [1.29, 1.82) is 0 Å². The van der Waals surface area contributed by atoms with E-state index in [1.807, 2.05) is 50.4 Å². The van der Waals surface area contributed by atoms with Crippen molar-refractivity contribution in [2.75, 3.05) is 49.2 Å². The number of hydrogen-bond donors (Lipinski definition) is 0. The third-order valence-corrected chi connectivity index (χ3v) is 14.4. The Morgan fingerprint density at radius 2 is 1.11 bits per heavy atom. The molecule has 0 unspecified atom stereocenters. The molecule has 6 aromatic rings. The molecule has 338 valence electrons. The van der Waals surface area contributed by atoms with E-state index in [2.05, 4.69) is 28.7 Å². The Kier molecular flexibility index (Phi) is 11.5. The van der Waals surface area contributed by atoms with Gasteiger partial charge in [-0.1, -0.05) is 39.5 Å². The van der Waals surface area contributed by atoms with Gasteiger partial charge < -0.3 is 19.3 Å². The van der Waals surface area contributed by atoms with Crippen LogP contribution >= 0.6 is 0 Å². The fourth-order valence-electron chi connectivity index (χ4n) is 10.2. The lowest BCUT2D eigenvalue weighted by Gasteiger charge is -2.33. The van der Waals surface area contributed by atoms with Crippen molar-refractivity contribution in [2.24, 2.45) is 25.9 Å². The van der Waals surface area contributed by atoms with Crippen LogP contribution in [0.4, 0.5) is 11.9 Å². The van der Waals surface area contributed by atoms with Crippen LogP contribution in [0.15, 0.2) is 34.4 Å². The smallest absolute Gasteiger partial charge is 0.280 e. The summed E-state index contributed by atoms with van der Waals surface area (Å²) in [5.41, 5.74) is 5.32. The highest BCUT2D eigenvalue weighted by Crippen LogP contribution is 2.39. The summed E-state index contributed by atoms with van der Waals surface area (Å²) in [6, 6.07) is 0. The summed E-state index contributed by atoms with van der Waals surface area (Å²) in [6.07, 6.45) is 15.7. The van der Waals surface area contributed by atoms with Crippen LogP contribution in [-0.4, -0.2) is 98.0 Å². The molecule has 2 aliphatic heterocycles. The summed E-state index contributed by atoms with van der Waals surface area (Å²) in [7, 11) is 3.65. The molecule has 2 saturated heterocycles. The number of aryl methyl sites for hydroxylation is 4. The predicted octanol–water partition coefficient (Wildman–Crippen LogP) is 5.21. The summed E-state index contributed by atoms with van der Waals surface area (Å²) in [4.78, 5) is 62.6. The monoisotopic (exact) mass is 872 g/mol. The average molecular weight is 873 g/mol. The van der Waals surface area contributed by atoms with Crippen LogP contribution in [0.25, 0.3) is 22.1 Å². The Labute approximate surface area is 372 Å². The molecule has 0 N–H and O–H groups in total. The highest BCUT2D eigenvalue weighted by molar-refractivity contribution is 5.78. The molecule has 0 aromatic carbocycles. The molecule has 8 heterocycles. The Balaban J connectivity index is 0.898. The molecule has 64 heavy (non-hydrogen) atoms. The number of ether oxygens (including phenoxy) is 2. The van der Waals surface area contributed by atoms with E-state index in [0.29, 0.717) is 110 Å². The minimum atomic E-state index is -0.291. The van der Waals surface area contributed by atoms with E-state index in [0.717, 1.165) is 73.9 Å². The van der Waals surface area contributed by atoms with Crippen LogP contribution in [0, 0.1) is 25.7 Å². The van der Waals surface area contributed by atoms with E-state index < -0.39 is 0 Å². The van der Waals surface area contributed by atoms with Gasteiger partial charge in [0.1, 0.15) is 34.9 Å². The number of aromatic nitrogens is 12. The van der Waals surface area contributed by atoms with E-state index in [1.54, 1.807) is 20.9 Å². The number of morpholine rings is 2. The molecular weight excluding hydrogens is 813 g/mol. The maximum Gasteiger partial charge on any atom is 0.280 e. The van der Waals surface area contributed by atoms with Crippen LogP contribution in [0.3, 0.4) is 0 Å². The Bertz CT molecular complexity index is 2800. The van der Waals surface area contributed by atoms with Gasteiger partial charge in [0.2, 0.25) is 11.9 Å². The standard InChI is InChI=1S/C46H60N14O4/c1-27-7-11-31(12-8-27)37-39-41(43(61)56(6)29(3)49-39)53-45(51-37)58-18-20-64-36(26-58)34-22-48-59(24-34)15-16-60-30(4)50-40-38(32-13-9-28(2)10-14-32)52-46(54-42(40)44(60)62)57-17-19-63-35(25-57)33-21-47-55(5)23-33/h21-24,27-28,31-32,35-36H,7-20,25-26H2,1-6H3/t27?,28?,31?,32?,35-,36+/m1/s1. The molecule has 0 spiro atoms. The number of rotatable bonds is 9. The van der Waals surface area contributed by atoms with Crippen molar-refractivity contribution in [3.63, 3.8) is 0 Å². The lowest BCUT2D eigenvalue weighted by Crippen LogP contribution is -2.40. The van der Waals surface area contributed by atoms with E-state index in [-0.39, 0.29) is 35.2 Å². The zero-order valence-corrected chi connectivity index (χ0v) is 38.0. The fourth-order valence-corrected chi connectivity index (χ4v) is 10.2. The highest BCUT2D eigenvalue weighted by Gasteiger charge is 2.32. The molecule has 2 saturated carbocycles. The summed E-state index contributed by atoms with van der Waals surface area (Å²) in [5, 5.41) is 9.07. The van der Waals surface area contributed by atoms with Gasteiger partial charge in [-0.2, -0.15) is 10.2 Å². The third kappa shape index (κ3) is 8.18. The maximum absolute atomic E-state index is 14.6. The maximum atomic E-state index is 14.6. The number of anilines is 2. The third-order valence-electron chi connectivity index (χ3n) is 14.4. The van der Waals surface area contributed by atoms with Gasteiger partial charge in [-0.15, -0.1) is 0 Å². The number of nitrogens with zero attached hydrogens (tertiary/aromatic N) is 14. The molecule has 2 aliphatic carbocycles. The first-order valence-corrected chi connectivity index (χ1v) is 23.3. The number of fused-ring (bicyclic) bond motifs is 2. The van der Waals surface area contributed by atoms with E-state index >= 15 is 0 Å². The zero-order chi connectivity index (χ0) is 44.2. The van der Waals surface area contributed by atoms with Gasteiger partial charge >= 0.3 is 0 Å². The van der Waals surface area contributed by atoms with Gasteiger partial charge in [-0.3, -0.25) is 28.1 Å². The molecule has 2 atom stereocenters. The second-order valence-corrected chi connectivity index (χ2v) is 18.9. The molecule has 4 aliphatic rings. The van der Waals surface area contributed by atoms with Crippen molar-refractivity contribution in [1.82, 2.24) is 58.6 Å². The molecular formula is C46H60N14O4. The molecule has 18 nitrogen and oxygen atoms in total. The van der Waals surface area contributed by atoms with Crippen molar-refractivity contribution in [2.45, 2.75) is 116 Å². The van der Waals surface area contributed by atoms with Gasteiger partial charge in [0.15, 0.2) is 11.0 Å². The largest absolute Gasteiger partial charge is 0.370 e. The van der Waals surface area contributed by atoms with Gasteiger partial charge in [-0.05, 0) is 51.4 Å². The summed E-state index contributed by atoms with van der Waals surface area (Å²) in [6.45, 7) is 12.4. The molecule has 0 amide bonds. The summed E-state index contributed by atoms with van der Waals surface area (Å²) < 4.78 is 19.4. The van der Waals surface area contributed by atoms with Gasteiger partial charge in [0.05, 0.1) is 56.6 Å². The minimum Gasteiger partial charge on any atom is -0.370 e. The van der Waals surface area contributed by atoms with Crippen molar-refractivity contribution in [3.8, 4) is 0 Å². The van der Waals surface area contributed by atoms with Gasteiger partial charge in [0.25, 0.3) is 11.1 Å². The fraction of sp³-hybridized carbons (Fsp3) is 0.609. The molecule has 18 heteroatoms. The SMILES string of the molecule is Cc1nc2c(C3CCC(C)CC3)nc(N3CCO[C@H](c4cnn(CCn5c(C)nc6c(C7CCC(C)CC7)nc(N7CCO[C@@H](c8cnn(C)c8)C7)nc6c5=O)c4)C3)nc2c(=O)n1C. The topological polar surface area (TPSA) is 182 Å². The Morgan fingerprint density at radius 1 is 0.594 bits per heavy atom. The second-order valence-electron chi connectivity index (χ2n) is 18.9. The molecule has 0 bridgehead atoms. The first-order valence-electron chi connectivity index (χ1n) is 23.3. The minimum absolute atomic E-state index is 0.155. The first kappa shape index (κ1) is 42.3. The molecule has 10 rings (SSSR count). The Morgan fingerprint density at radius 3 is 1.66 bits per heavy atom. The van der Waals surface area contributed by atoms with E-state index in [4.69, 9.17) is 44.5 Å². The number of hydrogen-bond acceptors (Lipinski definition) is 14. The summed E-state index contributed by atoms with van der Waals surface area (Å²) in [5.74, 6) is 4.16. The van der Waals surface area contributed by atoms with Crippen LogP contribution in [0.1, 0.15) is 123 Å². The first-order chi connectivity index (χ1) is 31.0. The average Bonchev–Trinajstić information content (AvgIpc) is 3.98. The molecule has 0 radical (unpaired) electrons.